The van der Waals surface area contributed by atoms with Gasteiger partial charge in [-0.25, -0.2) is 13.8 Å². The molecule has 0 radical (unpaired) electrons. The smallest absolute Gasteiger partial charge is 0.455 e. The van der Waals surface area contributed by atoms with Gasteiger partial charge in [0, 0.05) is 23.7 Å². The number of aromatic nitrogens is 2. The van der Waals surface area contributed by atoms with Gasteiger partial charge in [-0.1, -0.05) is 37.6 Å². The predicted molar refractivity (Wildman–Crippen MR) is 137 cm³/mol. The Hall–Kier alpha value is -2.38. The molecule has 15 heteroatoms. The average Bonchev–Trinajstić information content (AvgIpc) is 3.11. The first kappa shape index (κ1) is 29.6. The highest BCUT2D eigenvalue weighted by Gasteiger charge is 2.59. The molecule has 1 aromatic heterocycles. The van der Waals surface area contributed by atoms with Crippen LogP contribution in [0.1, 0.15) is 45.1 Å². The Morgan fingerprint density at radius 3 is 2.77 bits per heavy atom. The van der Waals surface area contributed by atoms with Crippen molar-refractivity contribution in [3.8, 4) is 0 Å². The summed E-state index contributed by atoms with van der Waals surface area (Å²) in [5.74, 6) is -1.22. The molecule has 3 heterocycles. The lowest BCUT2D eigenvalue weighted by atomic mass is 9.97. The van der Waals surface area contributed by atoms with E-state index in [1.807, 2.05) is 4.98 Å². The van der Waals surface area contributed by atoms with Gasteiger partial charge in [0.15, 0.2) is 18.0 Å². The maximum atomic E-state index is 16.3. The summed E-state index contributed by atoms with van der Waals surface area (Å²) in [6.45, 7) is 3.89. The second kappa shape index (κ2) is 11.6. The number of esters is 1. The number of nitrogens with zero attached hydrogens (tertiary/aromatic N) is 1. The fraction of sp³-hybridized carbons (Fsp3) is 0.542. The van der Waals surface area contributed by atoms with Gasteiger partial charge in [0.25, 0.3) is 5.56 Å². The van der Waals surface area contributed by atoms with Gasteiger partial charge in [0.2, 0.25) is 0 Å². The number of phosphoric ester groups is 1. The van der Waals surface area contributed by atoms with Gasteiger partial charge in [0.05, 0.1) is 19.3 Å². The van der Waals surface area contributed by atoms with Gasteiger partial charge in [-0.15, -0.1) is 0 Å². The minimum absolute atomic E-state index is 0.0395. The van der Waals surface area contributed by atoms with Crippen molar-refractivity contribution in [1.29, 1.82) is 0 Å². The normalized spacial score (nSPS) is 31.8. The minimum Gasteiger partial charge on any atom is -0.455 e. The molecule has 0 amide bonds. The number of H-pyrrole nitrogens is 1. The Morgan fingerprint density at radius 1 is 1.36 bits per heavy atom. The van der Waals surface area contributed by atoms with E-state index in [1.165, 1.54) is 0 Å². The number of benzene rings is 1. The van der Waals surface area contributed by atoms with Crippen molar-refractivity contribution in [2.75, 3.05) is 13.2 Å². The van der Waals surface area contributed by atoms with Gasteiger partial charge >= 0.3 is 19.5 Å². The number of aromatic amines is 1. The number of phosphoric acid groups is 1. The first-order valence-electron chi connectivity index (χ1n) is 12.3. The molecule has 2 saturated heterocycles. The molecule has 2 aliphatic rings. The van der Waals surface area contributed by atoms with E-state index < -0.39 is 67.9 Å². The lowest BCUT2D eigenvalue weighted by Gasteiger charge is -2.31. The molecule has 3 N–H and O–H groups in total. The van der Waals surface area contributed by atoms with Crippen LogP contribution in [0.15, 0.2) is 46.1 Å². The number of rotatable bonds is 8. The highest BCUT2D eigenvalue weighted by Crippen LogP contribution is 2.57. The van der Waals surface area contributed by atoms with Crippen molar-refractivity contribution < 1.29 is 36.8 Å². The Balaban J connectivity index is 1.57. The third-order valence-corrected chi connectivity index (χ3v) is 8.23. The van der Waals surface area contributed by atoms with Crippen LogP contribution in [-0.4, -0.2) is 52.7 Å². The van der Waals surface area contributed by atoms with Crippen LogP contribution in [0.25, 0.3) is 0 Å². The zero-order valence-corrected chi connectivity index (χ0v) is 23.1. The topological polar surface area (TPSA) is 161 Å². The van der Waals surface area contributed by atoms with Crippen LogP contribution in [0.2, 0.25) is 5.02 Å². The molecule has 2 aliphatic heterocycles. The van der Waals surface area contributed by atoms with Crippen molar-refractivity contribution in [3.63, 3.8) is 0 Å². The average molecular weight is 590 g/mol. The molecule has 2 aromatic rings. The van der Waals surface area contributed by atoms with Crippen LogP contribution in [0, 0.1) is 5.92 Å². The van der Waals surface area contributed by atoms with E-state index in [-0.39, 0.29) is 12.5 Å². The summed E-state index contributed by atoms with van der Waals surface area (Å²) in [6, 6.07) is 6.76. The van der Waals surface area contributed by atoms with E-state index in [9.17, 15) is 18.9 Å². The van der Waals surface area contributed by atoms with Gasteiger partial charge in [0.1, 0.15) is 12.1 Å². The summed E-state index contributed by atoms with van der Waals surface area (Å²) in [5, 5.41) is 0.465. The SMILES string of the molecule is CC(C)[C@H](N)C(=O)O[C@@H]1[C@@H](CO[P@@]2(=O)OCC[C@@H](c3cccc(Cl)c3)O2)O[C@@H](n2ccc(=O)[nH]c2=O)[C@]1(C)F. The van der Waals surface area contributed by atoms with Crippen LogP contribution in [0.4, 0.5) is 4.39 Å². The molecule has 0 aliphatic carbocycles. The molecule has 0 spiro atoms. The number of nitrogens with one attached hydrogen (secondary N) is 1. The molecule has 0 saturated carbocycles. The van der Waals surface area contributed by atoms with E-state index in [0.29, 0.717) is 17.0 Å². The number of carbonyl (C=O) groups excluding carboxylic acids is 1. The number of ether oxygens (including phenoxy) is 2. The first-order chi connectivity index (χ1) is 18.3. The first-order valence-corrected chi connectivity index (χ1v) is 14.1. The molecular weight excluding hydrogens is 560 g/mol. The molecule has 0 bridgehead atoms. The van der Waals surface area contributed by atoms with Gasteiger partial charge in [-0.05, 0) is 30.5 Å². The molecule has 2 fully saturated rings. The molecule has 7 atom stereocenters. The molecule has 1 aromatic carbocycles. The van der Waals surface area contributed by atoms with Crippen LogP contribution < -0.4 is 17.0 Å². The largest absolute Gasteiger partial charge is 0.475 e. The maximum Gasteiger partial charge on any atom is 0.475 e. The molecule has 0 unspecified atom stereocenters. The highest BCUT2D eigenvalue weighted by atomic mass is 35.5. The molecular formula is C24H30ClFN3O9P. The third-order valence-electron chi connectivity index (χ3n) is 6.52. The summed E-state index contributed by atoms with van der Waals surface area (Å²) >= 11 is 6.06. The quantitative estimate of drug-likeness (QED) is 0.346. The predicted octanol–water partition coefficient (Wildman–Crippen LogP) is 3.01. The van der Waals surface area contributed by atoms with Crippen LogP contribution in [-0.2, 0) is 32.4 Å². The number of hydrogen-bond donors (Lipinski definition) is 2. The zero-order valence-electron chi connectivity index (χ0n) is 21.5. The fourth-order valence-corrected chi connectivity index (χ4v) is 5.89. The minimum atomic E-state index is -4.17. The second-order valence-electron chi connectivity index (χ2n) is 9.84. The van der Waals surface area contributed by atoms with Gasteiger partial charge in [-0.3, -0.25) is 32.7 Å². The van der Waals surface area contributed by atoms with E-state index in [2.05, 4.69) is 0 Å². The Kier molecular flexibility index (Phi) is 8.82. The standard InChI is InChI=1S/C24H30ClFN3O9P/c1-13(2)19(27)21(31)37-20-17(36-22(24(20,3)26)29-9-7-18(30)28-23(29)32)12-35-39(33)34-10-8-16(38-39)14-5-4-6-15(25)11-14/h4-7,9,11,13,16-17,19-20,22H,8,10,12,27H2,1-3H3,(H,28,30,32)/t16-,17+,19-,20+,22+,24+,39+/m0/s1. The molecule has 4 rings (SSSR count). The summed E-state index contributed by atoms with van der Waals surface area (Å²) in [5.41, 5.74) is 2.41. The van der Waals surface area contributed by atoms with Crippen molar-refractivity contribution in [2.45, 2.75) is 63.4 Å². The summed E-state index contributed by atoms with van der Waals surface area (Å²) in [4.78, 5) is 38.6. The Labute approximate surface area is 228 Å². The Bertz CT molecular complexity index is 1370. The van der Waals surface area contributed by atoms with Crippen molar-refractivity contribution >= 4 is 25.4 Å². The lowest BCUT2D eigenvalue weighted by molar-refractivity contribution is -0.161. The summed E-state index contributed by atoms with van der Waals surface area (Å²) in [7, 11) is -4.17. The summed E-state index contributed by atoms with van der Waals surface area (Å²) < 4.78 is 58.0. The highest BCUT2D eigenvalue weighted by molar-refractivity contribution is 7.48. The second-order valence-corrected chi connectivity index (χ2v) is 11.9. The molecule has 12 nitrogen and oxygen atoms in total. The van der Waals surface area contributed by atoms with Crippen LogP contribution in [0.3, 0.4) is 0 Å². The summed E-state index contributed by atoms with van der Waals surface area (Å²) in [6.07, 6.45) is -3.87. The van der Waals surface area contributed by atoms with Gasteiger partial charge in [-0.2, -0.15) is 0 Å². The van der Waals surface area contributed by atoms with Crippen LogP contribution in [0.5, 0.6) is 0 Å². The van der Waals surface area contributed by atoms with E-state index in [1.54, 1.807) is 38.1 Å². The maximum absolute atomic E-state index is 16.3. The molecule has 214 valence electrons. The van der Waals surface area contributed by atoms with Gasteiger partial charge < -0.3 is 15.2 Å². The van der Waals surface area contributed by atoms with E-state index >= 15 is 4.39 Å². The van der Waals surface area contributed by atoms with E-state index in [0.717, 1.165) is 23.8 Å². The molecule has 39 heavy (non-hydrogen) atoms. The number of halogens is 2. The van der Waals surface area contributed by atoms with Crippen LogP contribution >= 0.6 is 19.4 Å². The van der Waals surface area contributed by atoms with Crippen molar-refractivity contribution in [2.24, 2.45) is 11.7 Å². The third kappa shape index (κ3) is 6.51. The van der Waals surface area contributed by atoms with Crippen molar-refractivity contribution in [3.05, 3.63) is 68.0 Å². The number of alkyl halides is 1. The lowest BCUT2D eigenvalue weighted by Crippen LogP contribution is -2.49. The number of carbonyl (C=O) groups is 1. The Morgan fingerprint density at radius 2 is 2.10 bits per heavy atom. The zero-order chi connectivity index (χ0) is 28.5. The monoisotopic (exact) mass is 589 g/mol. The van der Waals surface area contributed by atoms with Crippen molar-refractivity contribution in [1.82, 2.24) is 9.55 Å². The number of hydrogen-bond acceptors (Lipinski definition) is 10. The number of nitrogens with two attached hydrogens (primary N) is 1. The van der Waals surface area contributed by atoms with E-state index in [4.69, 9.17) is 40.4 Å². The fourth-order valence-electron chi connectivity index (χ4n) is 4.29.